The van der Waals surface area contributed by atoms with Crippen molar-refractivity contribution in [2.24, 2.45) is 11.1 Å². The molecule has 0 aliphatic heterocycles. The highest BCUT2D eigenvalue weighted by atomic mass is 32.2. The van der Waals surface area contributed by atoms with Crippen molar-refractivity contribution in [3.05, 3.63) is 29.3 Å². The lowest BCUT2D eigenvalue weighted by Gasteiger charge is -2.35. The molecule has 0 heterocycles. The Morgan fingerprint density at radius 2 is 1.92 bits per heavy atom. The molecular formula is C18H28N2O3S. The fraction of sp³-hybridized carbons (Fsp3) is 0.611. The Hall–Kier alpha value is -1.40. The standard InChI is InChI=1S/C18H28N2O3S/c1-14-15(12-24(2,22)23)7-6-8-16(14)20-17(21)11-18(13-19)9-4-3-5-10-18/h6-8H,3-5,9-13,19H2,1-2H3,(H,20,21). The molecule has 1 aliphatic rings. The largest absolute Gasteiger partial charge is 0.330 e. The maximum Gasteiger partial charge on any atom is 0.224 e. The van der Waals surface area contributed by atoms with E-state index < -0.39 is 9.84 Å². The van der Waals surface area contributed by atoms with E-state index in [4.69, 9.17) is 5.73 Å². The van der Waals surface area contributed by atoms with Crippen LogP contribution < -0.4 is 11.1 Å². The normalized spacial score (nSPS) is 17.5. The number of carbonyl (C=O) groups excluding carboxylic acids is 1. The van der Waals surface area contributed by atoms with Gasteiger partial charge in [-0.05, 0) is 48.9 Å². The summed E-state index contributed by atoms with van der Waals surface area (Å²) in [4.78, 5) is 12.5. The van der Waals surface area contributed by atoms with Gasteiger partial charge in [-0.2, -0.15) is 0 Å². The smallest absolute Gasteiger partial charge is 0.224 e. The molecule has 24 heavy (non-hydrogen) atoms. The first-order chi connectivity index (χ1) is 11.2. The molecule has 5 nitrogen and oxygen atoms in total. The number of amides is 1. The van der Waals surface area contributed by atoms with Crippen LogP contribution in [0.1, 0.15) is 49.7 Å². The minimum Gasteiger partial charge on any atom is -0.330 e. The van der Waals surface area contributed by atoms with Crippen molar-refractivity contribution in [1.82, 2.24) is 0 Å². The molecule has 0 saturated heterocycles. The Balaban J connectivity index is 2.10. The monoisotopic (exact) mass is 352 g/mol. The Morgan fingerprint density at radius 1 is 1.25 bits per heavy atom. The van der Waals surface area contributed by atoms with Gasteiger partial charge < -0.3 is 11.1 Å². The molecular weight excluding hydrogens is 324 g/mol. The molecule has 1 aromatic rings. The van der Waals surface area contributed by atoms with Crippen molar-refractivity contribution in [3.63, 3.8) is 0 Å². The van der Waals surface area contributed by atoms with Crippen LogP contribution in [-0.2, 0) is 20.4 Å². The summed E-state index contributed by atoms with van der Waals surface area (Å²) < 4.78 is 23.1. The summed E-state index contributed by atoms with van der Waals surface area (Å²) >= 11 is 0. The van der Waals surface area contributed by atoms with Crippen LogP contribution in [0.2, 0.25) is 0 Å². The third kappa shape index (κ3) is 5.05. The predicted molar refractivity (Wildman–Crippen MR) is 97.5 cm³/mol. The fourth-order valence-corrected chi connectivity index (χ4v) is 4.43. The van der Waals surface area contributed by atoms with E-state index in [9.17, 15) is 13.2 Å². The molecule has 6 heteroatoms. The number of nitrogens with one attached hydrogen (secondary N) is 1. The number of carbonyl (C=O) groups is 1. The van der Waals surface area contributed by atoms with Crippen LogP contribution in [0.15, 0.2) is 18.2 Å². The lowest BCUT2D eigenvalue weighted by molar-refractivity contribution is -0.118. The number of hydrogen-bond donors (Lipinski definition) is 2. The second-order valence-corrected chi connectivity index (χ2v) is 9.29. The van der Waals surface area contributed by atoms with E-state index in [1.807, 2.05) is 13.0 Å². The van der Waals surface area contributed by atoms with Crippen LogP contribution in [0, 0.1) is 12.3 Å². The first-order valence-corrected chi connectivity index (χ1v) is 10.6. The second kappa shape index (κ2) is 7.66. The highest BCUT2D eigenvalue weighted by Crippen LogP contribution is 2.38. The van der Waals surface area contributed by atoms with E-state index in [0.717, 1.165) is 36.8 Å². The minimum atomic E-state index is -3.11. The molecule has 0 unspecified atom stereocenters. The molecule has 3 N–H and O–H groups in total. The van der Waals surface area contributed by atoms with E-state index in [2.05, 4.69) is 5.32 Å². The van der Waals surface area contributed by atoms with Gasteiger partial charge in [-0.25, -0.2) is 8.42 Å². The number of anilines is 1. The molecule has 1 aliphatic carbocycles. The molecule has 0 radical (unpaired) electrons. The van der Waals surface area contributed by atoms with Crippen LogP contribution in [-0.4, -0.2) is 27.1 Å². The van der Waals surface area contributed by atoms with E-state index in [-0.39, 0.29) is 17.1 Å². The van der Waals surface area contributed by atoms with Crippen LogP contribution in [0.3, 0.4) is 0 Å². The maximum absolute atomic E-state index is 12.5. The lowest BCUT2D eigenvalue weighted by atomic mass is 9.71. The second-order valence-electron chi connectivity index (χ2n) is 7.15. The van der Waals surface area contributed by atoms with E-state index >= 15 is 0 Å². The van der Waals surface area contributed by atoms with E-state index in [1.165, 1.54) is 12.7 Å². The van der Waals surface area contributed by atoms with Crippen LogP contribution >= 0.6 is 0 Å². The van der Waals surface area contributed by atoms with Gasteiger partial charge in [0.05, 0.1) is 5.75 Å². The summed E-state index contributed by atoms with van der Waals surface area (Å²) in [5, 5.41) is 2.95. The minimum absolute atomic E-state index is 0.0186. The topological polar surface area (TPSA) is 89.3 Å². The number of rotatable bonds is 6. The van der Waals surface area contributed by atoms with Crippen molar-refractivity contribution in [2.75, 3.05) is 18.1 Å². The lowest BCUT2D eigenvalue weighted by Crippen LogP contribution is -2.36. The molecule has 1 amide bonds. The molecule has 0 bridgehead atoms. The summed E-state index contributed by atoms with van der Waals surface area (Å²) in [5.74, 6) is -0.0584. The van der Waals surface area contributed by atoms with Crippen molar-refractivity contribution >= 4 is 21.4 Å². The number of sulfone groups is 1. The Kier molecular flexibility index (Phi) is 6.04. The van der Waals surface area contributed by atoms with Gasteiger partial charge in [0.1, 0.15) is 0 Å². The zero-order chi connectivity index (χ0) is 17.8. The van der Waals surface area contributed by atoms with Crippen molar-refractivity contribution < 1.29 is 13.2 Å². The molecule has 0 aromatic heterocycles. The van der Waals surface area contributed by atoms with Gasteiger partial charge in [-0.15, -0.1) is 0 Å². The molecule has 1 aromatic carbocycles. The van der Waals surface area contributed by atoms with Gasteiger partial charge in [-0.3, -0.25) is 4.79 Å². The van der Waals surface area contributed by atoms with Crippen LogP contribution in [0.4, 0.5) is 5.69 Å². The third-order valence-electron chi connectivity index (χ3n) is 5.02. The van der Waals surface area contributed by atoms with Gasteiger partial charge in [-0.1, -0.05) is 31.4 Å². The highest BCUT2D eigenvalue weighted by molar-refractivity contribution is 7.89. The van der Waals surface area contributed by atoms with Gasteiger partial charge >= 0.3 is 0 Å². The average molecular weight is 353 g/mol. The Bertz CT molecular complexity index is 692. The molecule has 1 saturated carbocycles. The average Bonchev–Trinajstić information content (AvgIpc) is 2.51. The molecule has 0 spiro atoms. The highest BCUT2D eigenvalue weighted by Gasteiger charge is 2.33. The SMILES string of the molecule is Cc1c(CS(C)(=O)=O)cccc1NC(=O)CC1(CN)CCCCC1. The van der Waals surface area contributed by atoms with E-state index in [1.54, 1.807) is 12.1 Å². The zero-order valence-corrected chi connectivity index (χ0v) is 15.4. The van der Waals surface area contributed by atoms with Gasteiger partial charge in [0.15, 0.2) is 9.84 Å². The van der Waals surface area contributed by atoms with Crippen molar-refractivity contribution in [1.29, 1.82) is 0 Å². The Morgan fingerprint density at radius 3 is 2.50 bits per heavy atom. The van der Waals surface area contributed by atoms with Crippen LogP contribution in [0.25, 0.3) is 0 Å². The number of benzene rings is 1. The van der Waals surface area contributed by atoms with Crippen LogP contribution in [0.5, 0.6) is 0 Å². The molecule has 0 atom stereocenters. The summed E-state index contributed by atoms with van der Waals surface area (Å²) in [5.41, 5.74) is 8.09. The number of hydrogen-bond acceptors (Lipinski definition) is 4. The summed E-state index contributed by atoms with van der Waals surface area (Å²) in [7, 11) is -3.11. The predicted octanol–water partition coefficient (Wildman–Crippen LogP) is 2.78. The first-order valence-electron chi connectivity index (χ1n) is 8.51. The molecule has 1 fully saturated rings. The molecule has 134 valence electrons. The van der Waals surface area contributed by atoms with Gasteiger partial charge in [0.25, 0.3) is 0 Å². The van der Waals surface area contributed by atoms with E-state index in [0.29, 0.717) is 18.7 Å². The Labute approximate surface area is 144 Å². The summed E-state index contributed by atoms with van der Waals surface area (Å²) in [6.07, 6.45) is 7.13. The van der Waals surface area contributed by atoms with Crippen molar-refractivity contribution in [3.8, 4) is 0 Å². The molecule has 2 rings (SSSR count). The zero-order valence-electron chi connectivity index (χ0n) is 14.6. The van der Waals surface area contributed by atoms with Gasteiger partial charge in [0, 0.05) is 18.4 Å². The third-order valence-corrected chi connectivity index (χ3v) is 5.86. The van der Waals surface area contributed by atoms with Crippen molar-refractivity contribution in [2.45, 2.75) is 51.2 Å². The fourth-order valence-electron chi connectivity index (χ4n) is 3.55. The van der Waals surface area contributed by atoms with Gasteiger partial charge in [0.2, 0.25) is 5.91 Å². The number of nitrogens with two attached hydrogens (primary N) is 1. The summed E-state index contributed by atoms with van der Waals surface area (Å²) in [6, 6.07) is 5.38. The summed E-state index contributed by atoms with van der Waals surface area (Å²) in [6.45, 7) is 2.38. The first kappa shape index (κ1) is 18.9. The maximum atomic E-state index is 12.5. The quantitative estimate of drug-likeness (QED) is 0.824.